The van der Waals surface area contributed by atoms with Crippen LogP contribution in [0.5, 0.6) is 0 Å². The van der Waals surface area contributed by atoms with E-state index in [0.29, 0.717) is 5.56 Å². The molecule has 20 heavy (non-hydrogen) atoms. The average molecular weight is 286 g/mol. The van der Waals surface area contributed by atoms with Gasteiger partial charge in [0.1, 0.15) is 0 Å². The summed E-state index contributed by atoms with van der Waals surface area (Å²) in [5.74, 6) is -0.127. The smallest absolute Gasteiger partial charge is 0.335 e. The van der Waals surface area contributed by atoms with Gasteiger partial charge in [-0.15, -0.1) is 11.8 Å². The number of carbonyl (C=O) groups excluding carboxylic acids is 1. The first-order valence-electron chi connectivity index (χ1n) is 6.12. The summed E-state index contributed by atoms with van der Waals surface area (Å²) in [5, 5.41) is 8.83. The predicted octanol–water partition coefficient (Wildman–Crippen LogP) is 3.88. The Morgan fingerprint density at radius 1 is 1.05 bits per heavy atom. The van der Waals surface area contributed by atoms with Crippen molar-refractivity contribution in [2.24, 2.45) is 0 Å². The van der Waals surface area contributed by atoms with Crippen LogP contribution in [0.3, 0.4) is 0 Å². The summed E-state index contributed by atoms with van der Waals surface area (Å²) in [6.45, 7) is 1.55. The van der Waals surface area contributed by atoms with Gasteiger partial charge in [0.25, 0.3) is 0 Å². The Balaban J connectivity index is 2.03. The maximum Gasteiger partial charge on any atom is 0.335 e. The highest BCUT2D eigenvalue weighted by Gasteiger charge is 2.04. The lowest BCUT2D eigenvalue weighted by atomic mass is 10.1. The molecule has 2 aromatic carbocycles. The van der Waals surface area contributed by atoms with Gasteiger partial charge in [-0.1, -0.05) is 24.3 Å². The minimum Gasteiger partial charge on any atom is -0.478 e. The molecule has 0 atom stereocenters. The lowest BCUT2D eigenvalue weighted by Crippen LogP contribution is -1.95. The SMILES string of the molecule is CC(=O)c1cccc(SCc2ccc(C(=O)O)cc2)c1. The molecule has 4 heteroatoms. The van der Waals surface area contributed by atoms with Crippen LogP contribution in [-0.4, -0.2) is 16.9 Å². The Kier molecular flexibility index (Phi) is 4.58. The molecule has 102 valence electrons. The number of carbonyl (C=O) groups is 2. The van der Waals surface area contributed by atoms with Crippen LogP contribution in [0, 0.1) is 0 Å². The topological polar surface area (TPSA) is 54.4 Å². The van der Waals surface area contributed by atoms with Gasteiger partial charge in [0.15, 0.2) is 5.78 Å². The van der Waals surface area contributed by atoms with Gasteiger partial charge >= 0.3 is 5.97 Å². The van der Waals surface area contributed by atoms with Crippen LogP contribution < -0.4 is 0 Å². The Morgan fingerprint density at radius 2 is 1.75 bits per heavy atom. The van der Waals surface area contributed by atoms with Crippen molar-refractivity contribution in [1.82, 2.24) is 0 Å². The number of carboxylic acids is 1. The van der Waals surface area contributed by atoms with Gasteiger partial charge in [-0.3, -0.25) is 4.79 Å². The summed E-state index contributed by atoms with van der Waals surface area (Å²) in [4.78, 5) is 23.1. The van der Waals surface area contributed by atoms with Crippen molar-refractivity contribution in [3.05, 3.63) is 65.2 Å². The largest absolute Gasteiger partial charge is 0.478 e. The van der Waals surface area contributed by atoms with Gasteiger partial charge < -0.3 is 5.11 Å². The maximum absolute atomic E-state index is 11.3. The first-order valence-corrected chi connectivity index (χ1v) is 7.11. The van der Waals surface area contributed by atoms with E-state index in [0.717, 1.165) is 16.2 Å². The average Bonchev–Trinajstić information content (AvgIpc) is 2.46. The van der Waals surface area contributed by atoms with E-state index in [4.69, 9.17) is 5.11 Å². The molecule has 0 aliphatic rings. The van der Waals surface area contributed by atoms with E-state index in [1.807, 2.05) is 30.3 Å². The van der Waals surface area contributed by atoms with E-state index in [-0.39, 0.29) is 11.3 Å². The fourth-order valence-electron chi connectivity index (χ4n) is 1.72. The van der Waals surface area contributed by atoms with Crippen LogP contribution in [0.15, 0.2) is 53.4 Å². The summed E-state index contributed by atoms with van der Waals surface area (Å²) in [6.07, 6.45) is 0. The predicted molar refractivity (Wildman–Crippen MR) is 79.4 cm³/mol. The Labute approximate surface area is 121 Å². The number of hydrogen-bond donors (Lipinski definition) is 1. The Hall–Kier alpha value is -2.07. The number of ketones is 1. The van der Waals surface area contributed by atoms with Gasteiger partial charge in [-0.2, -0.15) is 0 Å². The molecule has 0 amide bonds. The van der Waals surface area contributed by atoms with Gasteiger partial charge in [0.2, 0.25) is 0 Å². The molecule has 2 aromatic rings. The van der Waals surface area contributed by atoms with Crippen molar-refractivity contribution in [3.8, 4) is 0 Å². The van der Waals surface area contributed by atoms with E-state index < -0.39 is 5.97 Å². The molecule has 0 unspecified atom stereocenters. The van der Waals surface area contributed by atoms with E-state index in [1.54, 1.807) is 36.9 Å². The zero-order valence-corrected chi connectivity index (χ0v) is 11.8. The molecule has 3 nitrogen and oxygen atoms in total. The van der Waals surface area contributed by atoms with Crippen LogP contribution in [0.1, 0.15) is 33.2 Å². The highest BCUT2D eigenvalue weighted by molar-refractivity contribution is 7.98. The molecule has 1 N–H and O–H groups in total. The summed E-state index contributed by atoms with van der Waals surface area (Å²) < 4.78 is 0. The zero-order chi connectivity index (χ0) is 14.5. The molecule has 0 spiro atoms. The first-order chi connectivity index (χ1) is 9.56. The van der Waals surface area contributed by atoms with Gasteiger partial charge in [-0.25, -0.2) is 4.79 Å². The van der Waals surface area contributed by atoms with Crippen LogP contribution >= 0.6 is 11.8 Å². The van der Waals surface area contributed by atoms with Crippen LogP contribution in [0.25, 0.3) is 0 Å². The third-order valence-electron chi connectivity index (χ3n) is 2.85. The van der Waals surface area contributed by atoms with Crippen molar-refractivity contribution in [2.45, 2.75) is 17.6 Å². The molecule has 0 aromatic heterocycles. The number of Topliss-reactive ketones (excluding diaryl/α,β-unsaturated/α-hetero) is 1. The highest BCUT2D eigenvalue weighted by Crippen LogP contribution is 2.24. The van der Waals surface area contributed by atoms with Crippen molar-refractivity contribution in [1.29, 1.82) is 0 Å². The fraction of sp³-hybridized carbons (Fsp3) is 0.125. The Morgan fingerprint density at radius 3 is 2.35 bits per heavy atom. The van der Waals surface area contributed by atoms with Crippen LogP contribution in [-0.2, 0) is 5.75 Å². The quantitative estimate of drug-likeness (QED) is 0.669. The number of rotatable bonds is 5. The molecule has 0 saturated carbocycles. The lowest BCUT2D eigenvalue weighted by Gasteiger charge is -2.04. The second-order valence-electron chi connectivity index (χ2n) is 4.37. The number of carboxylic acid groups (broad SMARTS) is 1. The number of thioether (sulfide) groups is 1. The summed E-state index contributed by atoms with van der Waals surface area (Å²) in [7, 11) is 0. The maximum atomic E-state index is 11.3. The minimum absolute atomic E-state index is 0.0539. The summed E-state index contributed by atoms with van der Waals surface area (Å²) in [6, 6.07) is 14.3. The van der Waals surface area contributed by atoms with Gasteiger partial charge in [0, 0.05) is 16.2 Å². The Bertz CT molecular complexity index is 632. The molecule has 0 heterocycles. The fourth-order valence-corrected chi connectivity index (χ4v) is 2.63. The van der Waals surface area contributed by atoms with Crippen LogP contribution in [0.4, 0.5) is 0 Å². The van der Waals surface area contributed by atoms with Crippen molar-refractivity contribution < 1.29 is 14.7 Å². The molecule has 0 aliphatic heterocycles. The second kappa shape index (κ2) is 6.39. The molecule has 0 radical (unpaired) electrons. The molecule has 2 rings (SSSR count). The minimum atomic E-state index is -0.918. The standard InChI is InChI=1S/C16H14O3S/c1-11(17)14-3-2-4-15(9-14)20-10-12-5-7-13(8-6-12)16(18)19/h2-9H,10H2,1H3,(H,18,19). The normalized spacial score (nSPS) is 10.2. The first kappa shape index (κ1) is 14.3. The zero-order valence-electron chi connectivity index (χ0n) is 11.0. The molecule has 0 saturated heterocycles. The lowest BCUT2D eigenvalue weighted by molar-refractivity contribution is 0.0696. The third kappa shape index (κ3) is 3.71. The molecular formula is C16H14O3S. The number of hydrogen-bond acceptors (Lipinski definition) is 3. The van der Waals surface area contributed by atoms with Crippen molar-refractivity contribution in [2.75, 3.05) is 0 Å². The van der Waals surface area contributed by atoms with Crippen molar-refractivity contribution >= 4 is 23.5 Å². The van der Waals surface area contributed by atoms with E-state index in [1.165, 1.54) is 0 Å². The van der Waals surface area contributed by atoms with E-state index in [9.17, 15) is 9.59 Å². The summed E-state index contributed by atoms with van der Waals surface area (Å²) in [5.41, 5.74) is 2.04. The molecular weight excluding hydrogens is 272 g/mol. The van der Waals surface area contributed by atoms with Gasteiger partial charge in [0.05, 0.1) is 5.56 Å². The third-order valence-corrected chi connectivity index (χ3v) is 3.91. The number of benzene rings is 2. The molecule has 0 fully saturated rings. The number of aromatic carboxylic acids is 1. The summed E-state index contributed by atoms with van der Waals surface area (Å²) >= 11 is 1.62. The van der Waals surface area contributed by atoms with Crippen LogP contribution in [0.2, 0.25) is 0 Å². The highest BCUT2D eigenvalue weighted by atomic mass is 32.2. The molecule has 0 bridgehead atoms. The second-order valence-corrected chi connectivity index (χ2v) is 5.42. The van der Waals surface area contributed by atoms with E-state index in [2.05, 4.69) is 0 Å². The van der Waals surface area contributed by atoms with Gasteiger partial charge in [-0.05, 0) is 36.8 Å². The monoisotopic (exact) mass is 286 g/mol. The molecule has 0 aliphatic carbocycles. The van der Waals surface area contributed by atoms with Crippen molar-refractivity contribution in [3.63, 3.8) is 0 Å². The van der Waals surface area contributed by atoms with E-state index >= 15 is 0 Å².